The lowest BCUT2D eigenvalue weighted by Gasteiger charge is -2.30. The van der Waals surface area contributed by atoms with Crippen LogP contribution in [0.1, 0.15) is 24.8 Å². The molecule has 0 N–H and O–H groups in total. The van der Waals surface area contributed by atoms with Crippen LogP contribution < -0.4 is 0 Å². The topological polar surface area (TPSA) is 78.0 Å². The minimum atomic E-state index is -1.20. The van der Waals surface area contributed by atoms with Crippen molar-refractivity contribution >= 4 is 24.1 Å². The Morgan fingerprint density at radius 2 is 1.62 bits per heavy atom. The summed E-state index contributed by atoms with van der Waals surface area (Å²) in [5.74, 6) is -0.785. The molecule has 7 heteroatoms. The van der Waals surface area contributed by atoms with E-state index in [1.54, 1.807) is 9.80 Å². The molecule has 2 saturated heterocycles. The molecule has 166 valence electrons. The first kappa shape index (κ1) is 21.7. The molecular weight excluding hydrogens is 406 g/mol. The predicted molar refractivity (Wildman–Crippen MR) is 119 cm³/mol. The van der Waals surface area contributed by atoms with Gasteiger partial charge in [-0.25, -0.2) is 0 Å². The first-order valence-corrected chi connectivity index (χ1v) is 10.9. The highest BCUT2D eigenvalue weighted by atomic mass is 16.2. The Hall–Kier alpha value is -3.48. The summed E-state index contributed by atoms with van der Waals surface area (Å²) in [6.45, 7) is 2.04. The number of carbonyl (C=O) groups excluding carboxylic acids is 4. The molecule has 2 heterocycles. The third kappa shape index (κ3) is 4.02. The molecular formula is C25H27N3O4. The van der Waals surface area contributed by atoms with Crippen LogP contribution in [0.15, 0.2) is 54.6 Å². The van der Waals surface area contributed by atoms with Gasteiger partial charge in [-0.1, -0.05) is 54.6 Å². The average molecular weight is 434 g/mol. The maximum atomic E-state index is 13.3. The number of benzene rings is 2. The average Bonchev–Trinajstić information content (AvgIpc) is 3.00. The van der Waals surface area contributed by atoms with Gasteiger partial charge in [-0.15, -0.1) is 0 Å². The van der Waals surface area contributed by atoms with E-state index in [2.05, 4.69) is 0 Å². The van der Waals surface area contributed by atoms with E-state index in [-0.39, 0.29) is 30.6 Å². The van der Waals surface area contributed by atoms with E-state index in [0.717, 1.165) is 22.4 Å². The molecule has 0 aliphatic carbocycles. The molecule has 2 aromatic rings. The lowest BCUT2D eigenvalue weighted by molar-refractivity contribution is -0.141. The van der Waals surface area contributed by atoms with Crippen molar-refractivity contribution in [1.82, 2.24) is 14.7 Å². The Balaban J connectivity index is 1.62. The monoisotopic (exact) mass is 433 g/mol. The summed E-state index contributed by atoms with van der Waals surface area (Å²) in [6.07, 6.45) is 1.41. The van der Waals surface area contributed by atoms with Crippen LogP contribution in [-0.2, 0) is 24.6 Å². The quantitative estimate of drug-likeness (QED) is 0.534. The van der Waals surface area contributed by atoms with Gasteiger partial charge in [0.2, 0.25) is 24.1 Å². The van der Waals surface area contributed by atoms with Crippen molar-refractivity contribution in [1.29, 1.82) is 0 Å². The molecule has 4 rings (SSSR count). The van der Waals surface area contributed by atoms with Crippen LogP contribution in [0, 0.1) is 0 Å². The van der Waals surface area contributed by atoms with Crippen molar-refractivity contribution in [2.24, 2.45) is 0 Å². The first-order chi connectivity index (χ1) is 15.4. The fourth-order valence-electron chi connectivity index (χ4n) is 4.63. The molecule has 0 aromatic heterocycles. The molecule has 2 aromatic carbocycles. The number of amides is 4. The fourth-order valence-corrected chi connectivity index (χ4v) is 4.63. The number of hydrogen-bond acceptors (Lipinski definition) is 4. The van der Waals surface area contributed by atoms with E-state index in [9.17, 15) is 19.2 Å². The van der Waals surface area contributed by atoms with Crippen LogP contribution in [0.5, 0.6) is 0 Å². The molecule has 1 atom stereocenters. The SMILES string of the molecule is CN1C(=O)C[C@](CC(=O)N2CCCN(C=O)CC2)(c2ccc(-c3ccccc3)cc2)C1=O. The van der Waals surface area contributed by atoms with Crippen molar-refractivity contribution in [3.05, 3.63) is 60.2 Å². The molecule has 0 bridgehead atoms. The number of likely N-dealkylation sites (N-methyl/N-ethyl adjacent to an activating group) is 1. The molecule has 32 heavy (non-hydrogen) atoms. The van der Waals surface area contributed by atoms with Crippen molar-refractivity contribution < 1.29 is 19.2 Å². The molecule has 0 unspecified atom stereocenters. The van der Waals surface area contributed by atoms with E-state index >= 15 is 0 Å². The van der Waals surface area contributed by atoms with E-state index in [1.165, 1.54) is 7.05 Å². The van der Waals surface area contributed by atoms with Gasteiger partial charge < -0.3 is 9.80 Å². The van der Waals surface area contributed by atoms with Gasteiger partial charge in [0, 0.05) is 46.1 Å². The van der Waals surface area contributed by atoms with Gasteiger partial charge in [-0.2, -0.15) is 0 Å². The zero-order chi connectivity index (χ0) is 22.7. The molecule has 4 amide bonds. The van der Waals surface area contributed by atoms with E-state index in [4.69, 9.17) is 0 Å². The second kappa shape index (κ2) is 8.94. The van der Waals surface area contributed by atoms with Gasteiger partial charge in [-0.05, 0) is 23.1 Å². The van der Waals surface area contributed by atoms with E-state index in [0.29, 0.717) is 38.2 Å². The summed E-state index contributed by atoms with van der Waals surface area (Å²) in [5, 5.41) is 0. The Morgan fingerprint density at radius 1 is 0.938 bits per heavy atom. The van der Waals surface area contributed by atoms with Crippen LogP contribution in [0.2, 0.25) is 0 Å². The normalized spacial score (nSPS) is 21.6. The van der Waals surface area contributed by atoms with E-state index < -0.39 is 5.41 Å². The van der Waals surface area contributed by atoms with Crippen LogP contribution in [0.4, 0.5) is 0 Å². The first-order valence-electron chi connectivity index (χ1n) is 10.9. The number of hydrogen-bond donors (Lipinski definition) is 0. The number of imide groups is 1. The highest BCUT2D eigenvalue weighted by Crippen LogP contribution is 2.40. The van der Waals surface area contributed by atoms with Gasteiger partial charge in [0.25, 0.3) is 0 Å². The Labute approximate surface area is 187 Å². The van der Waals surface area contributed by atoms with Gasteiger partial charge in [-0.3, -0.25) is 24.1 Å². The van der Waals surface area contributed by atoms with Crippen LogP contribution in [-0.4, -0.2) is 72.1 Å². The number of nitrogens with zero attached hydrogens (tertiary/aromatic N) is 3. The van der Waals surface area contributed by atoms with Gasteiger partial charge in [0.15, 0.2) is 0 Å². The minimum Gasteiger partial charge on any atom is -0.343 e. The Kier molecular flexibility index (Phi) is 6.08. The Bertz CT molecular complexity index is 1020. The molecule has 0 radical (unpaired) electrons. The standard InChI is InChI=1S/C25H27N3O4/c1-26-22(30)16-25(24(26)32,17-23(31)28-13-5-12-27(18-29)14-15-28)21-10-8-20(9-11-21)19-6-3-2-4-7-19/h2-4,6-11,18H,5,12-17H2,1H3/t25-/m0/s1. The second-order valence-corrected chi connectivity index (χ2v) is 8.51. The number of rotatable bonds is 5. The smallest absolute Gasteiger partial charge is 0.240 e. The van der Waals surface area contributed by atoms with Crippen LogP contribution in [0.25, 0.3) is 11.1 Å². The molecule has 2 fully saturated rings. The zero-order valence-corrected chi connectivity index (χ0v) is 18.2. The number of likely N-dealkylation sites (tertiary alicyclic amines) is 1. The molecule has 2 aliphatic heterocycles. The van der Waals surface area contributed by atoms with Gasteiger partial charge >= 0.3 is 0 Å². The zero-order valence-electron chi connectivity index (χ0n) is 18.2. The molecule has 0 saturated carbocycles. The fraction of sp³-hybridized carbons (Fsp3) is 0.360. The third-order valence-electron chi connectivity index (χ3n) is 6.57. The lowest BCUT2D eigenvalue weighted by Crippen LogP contribution is -2.43. The maximum absolute atomic E-state index is 13.3. The maximum Gasteiger partial charge on any atom is 0.240 e. The van der Waals surface area contributed by atoms with Crippen LogP contribution in [0.3, 0.4) is 0 Å². The second-order valence-electron chi connectivity index (χ2n) is 8.51. The van der Waals surface area contributed by atoms with E-state index in [1.807, 2.05) is 54.6 Å². The van der Waals surface area contributed by atoms with Crippen LogP contribution >= 0.6 is 0 Å². The van der Waals surface area contributed by atoms with Crippen molar-refractivity contribution in [2.75, 3.05) is 33.2 Å². The largest absolute Gasteiger partial charge is 0.343 e. The van der Waals surface area contributed by atoms with Crippen molar-refractivity contribution in [2.45, 2.75) is 24.7 Å². The highest BCUT2D eigenvalue weighted by molar-refractivity contribution is 6.10. The molecule has 2 aliphatic rings. The van der Waals surface area contributed by atoms with Crippen molar-refractivity contribution in [3.8, 4) is 11.1 Å². The number of carbonyl (C=O) groups is 4. The van der Waals surface area contributed by atoms with Crippen molar-refractivity contribution in [3.63, 3.8) is 0 Å². The summed E-state index contributed by atoms with van der Waals surface area (Å²) in [5.41, 5.74) is 1.54. The summed E-state index contributed by atoms with van der Waals surface area (Å²) < 4.78 is 0. The summed E-state index contributed by atoms with van der Waals surface area (Å²) in [7, 11) is 1.48. The summed E-state index contributed by atoms with van der Waals surface area (Å²) >= 11 is 0. The minimum absolute atomic E-state index is 0.0208. The third-order valence-corrected chi connectivity index (χ3v) is 6.57. The lowest BCUT2D eigenvalue weighted by atomic mass is 9.75. The summed E-state index contributed by atoms with van der Waals surface area (Å²) in [6, 6.07) is 17.5. The predicted octanol–water partition coefficient (Wildman–Crippen LogP) is 2.06. The molecule has 0 spiro atoms. The Morgan fingerprint density at radius 3 is 2.25 bits per heavy atom. The van der Waals surface area contributed by atoms with Gasteiger partial charge in [0.05, 0.1) is 5.41 Å². The summed E-state index contributed by atoms with van der Waals surface area (Å²) in [4.78, 5) is 54.6. The van der Waals surface area contributed by atoms with Gasteiger partial charge in [0.1, 0.15) is 0 Å². The highest BCUT2D eigenvalue weighted by Gasteiger charge is 2.52. The molecule has 7 nitrogen and oxygen atoms in total.